The Kier molecular flexibility index (Phi) is 7.98. The van der Waals surface area contributed by atoms with Crippen LogP contribution in [-0.2, 0) is 11.2 Å². The molecule has 1 aliphatic rings. The van der Waals surface area contributed by atoms with Crippen LogP contribution >= 0.6 is 0 Å². The zero-order chi connectivity index (χ0) is 19.4. The third kappa shape index (κ3) is 7.10. The summed E-state index contributed by atoms with van der Waals surface area (Å²) in [6.07, 6.45) is 9.13. The molecule has 1 aliphatic carbocycles. The van der Waals surface area contributed by atoms with Crippen LogP contribution in [0.15, 0.2) is 66.2 Å². The van der Waals surface area contributed by atoms with Crippen molar-refractivity contribution in [3.63, 3.8) is 0 Å². The Morgan fingerprint density at radius 1 is 1.00 bits per heavy atom. The lowest BCUT2D eigenvalue weighted by Gasteiger charge is -2.13. The van der Waals surface area contributed by atoms with Crippen LogP contribution in [-0.4, -0.2) is 25.6 Å². The van der Waals surface area contributed by atoms with E-state index in [1.54, 1.807) is 0 Å². The van der Waals surface area contributed by atoms with Crippen molar-refractivity contribution in [1.82, 2.24) is 5.32 Å². The maximum atomic E-state index is 12.0. The molecule has 148 valence electrons. The Morgan fingerprint density at radius 2 is 1.89 bits per heavy atom. The first-order valence-corrected chi connectivity index (χ1v) is 10.2. The molecule has 1 amide bonds. The molecule has 2 aromatic carbocycles. The highest BCUT2D eigenvalue weighted by Crippen LogP contribution is 2.19. The number of rotatable bonds is 10. The predicted molar refractivity (Wildman–Crippen MR) is 115 cm³/mol. The van der Waals surface area contributed by atoms with Crippen LogP contribution in [0.3, 0.4) is 0 Å². The zero-order valence-corrected chi connectivity index (χ0v) is 16.5. The first-order valence-electron chi connectivity index (χ1n) is 10.2. The van der Waals surface area contributed by atoms with Crippen LogP contribution in [0.1, 0.15) is 37.7 Å². The van der Waals surface area contributed by atoms with Crippen molar-refractivity contribution in [3.05, 3.63) is 71.8 Å². The molecule has 3 rings (SSSR count). The highest BCUT2D eigenvalue weighted by Gasteiger charge is 2.05. The molecule has 0 aromatic heterocycles. The molecule has 0 bridgehead atoms. The van der Waals surface area contributed by atoms with Gasteiger partial charge in [-0.05, 0) is 49.8 Å². The van der Waals surface area contributed by atoms with E-state index in [4.69, 9.17) is 4.74 Å². The van der Waals surface area contributed by atoms with E-state index in [1.807, 2.05) is 42.5 Å². The number of hydrogen-bond donors (Lipinski definition) is 2. The van der Waals surface area contributed by atoms with Gasteiger partial charge in [0.05, 0.1) is 13.2 Å². The van der Waals surface area contributed by atoms with Crippen molar-refractivity contribution in [2.24, 2.45) is 0 Å². The highest BCUT2D eigenvalue weighted by molar-refractivity contribution is 5.80. The molecule has 4 heteroatoms. The second-order valence-electron chi connectivity index (χ2n) is 7.17. The average Bonchev–Trinajstić information content (AvgIpc) is 2.74. The standard InChI is InChI=1S/C24H30N2O2/c27-24(25-16-14-20-8-3-1-4-9-20)19-26-22-12-7-13-23(18-22)28-17-15-21-10-5-2-6-11-21/h2,5-8,10-13,18,26H,1,3-4,9,14-17,19H2,(H,25,27). The van der Waals surface area contributed by atoms with Gasteiger partial charge in [-0.25, -0.2) is 0 Å². The molecule has 2 N–H and O–H groups in total. The zero-order valence-electron chi connectivity index (χ0n) is 16.5. The molecule has 28 heavy (non-hydrogen) atoms. The van der Waals surface area contributed by atoms with E-state index in [0.717, 1.165) is 30.8 Å². The Balaban J connectivity index is 1.35. The number of hydrogen-bond acceptors (Lipinski definition) is 3. The SMILES string of the molecule is O=C(CNc1cccc(OCCc2ccccc2)c1)NCCC1=CCCCC1. The lowest BCUT2D eigenvalue weighted by molar-refractivity contribution is -0.119. The number of carbonyl (C=O) groups excluding carboxylic acids is 1. The van der Waals surface area contributed by atoms with Crippen molar-refractivity contribution < 1.29 is 9.53 Å². The second kappa shape index (κ2) is 11.2. The van der Waals surface area contributed by atoms with Crippen molar-refractivity contribution in [3.8, 4) is 5.75 Å². The minimum absolute atomic E-state index is 0.0202. The van der Waals surface area contributed by atoms with Crippen molar-refractivity contribution in [2.75, 3.05) is 25.0 Å². The second-order valence-corrected chi connectivity index (χ2v) is 7.17. The van der Waals surface area contributed by atoms with Gasteiger partial charge in [-0.2, -0.15) is 0 Å². The van der Waals surface area contributed by atoms with Gasteiger partial charge in [0.1, 0.15) is 5.75 Å². The summed E-state index contributed by atoms with van der Waals surface area (Å²) in [5, 5.41) is 6.17. The number of anilines is 1. The van der Waals surface area contributed by atoms with E-state index in [2.05, 4.69) is 28.8 Å². The molecule has 0 heterocycles. The minimum atomic E-state index is 0.0202. The molecule has 0 aliphatic heterocycles. The van der Waals surface area contributed by atoms with E-state index in [9.17, 15) is 4.79 Å². The number of nitrogens with one attached hydrogen (secondary N) is 2. The van der Waals surface area contributed by atoms with Gasteiger partial charge in [0.2, 0.25) is 5.91 Å². The molecule has 0 fully saturated rings. The molecular formula is C24H30N2O2. The first-order chi connectivity index (χ1) is 13.8. The fourth-order valence-corrected chi connectivity index (χ4v) is 3.37. The van der Waals surface area contributed by atoms with E-state index in [-0.39, 0.29) is 12.5 Å². The van der Waals surface area contributed by atoms with Gasteiger partial charge in [-0.3, -0.25) is 4.79 Å². The molecule has 0 radical (unpaired) electrons. The van der Waals surface area contributed by atoms with Crippen molar-refractivity contribution in [2.45, 2.75) is 38.5 Å². The Labute approximate surface area is 168 Å². The first kappa shape index (κ1) is 20.0. The van der Waals surface area contributed by atoms with Crippen LogP contribution < -0.4 is 15.4 Å². The molecule has 0 saturated heterocycles. The number of allylic oxidation sites excluding steroid dienone is 1. The minimum Gasteiger partial charge on any atom is -0.493 e. The lowest BCUT2D eigenvalue weighted by atomic mass is 9.97. The van der Waals surface area contributed by atoms with Crippen LogP contribution in [0.4, 0.5) is 5.69 Å². The third-order valence-electron chi connectivity index (χ3n) is 4.94. The lowest BCUT2D eigenvalue weighted by Crippen LogP contribution is -2.30. The smallest absolute Gasteiger partial charge is 0.239 e. The molecule has 0 atom stereocenters. The number of benzene rings is 2. The summed E-state index contributed by atoms with van der Waals surface area (Å²) in [7, 11) is 0. The Morgan fingerprint density at radius 3 is 2.71 bits per heavy atom. The Hall–Kier alpha value is -2.75. The molecule has 0 spiro atoms. The Bertz CT molecular complexity index is 771. The van der Waals surface area contributed by atoms with Gasteiger partial charge in [-0.1, -0.05) is 48.0 Å². The summed E-state index contributed by atoms with van der Waals surface area (Å²) < 4.78 is 5.84. The summed E-state index contributed by atoms with van der Waals surface area (Å²) >= 11 is 0. The van der Waals surface area contributed by atoms with Crippen molar-refractivity contribution >= 4 is 11.6 Å². The molecular weight excluding hydrogens is 348 g/mol. The molecule has 0 saturated carbocycles. The summed E-state index contributed by atoms with van der Waals surface area (Å²) in [5.41, 5.74) is 3.64. The van der Waals surface area contributed by atoms with Gasteiger partial charge in [0.15, 0.2) is 0 Å². The maximum Gasteiger partial charge on any atom is 0.239 e. The van der Waals surface area contributed by atoms with Crippen LogP contribution in [0.25, 0.3) is 0 Å². The molecule has 2 aromatic rings. The number of carbonyl (C=O) groups is 1. The van der Waals surface area contributed by atoms with Crippen LogP contribution in [0.5, 0.6) is 5.75 Å². The maximum absolute atomic E-state index is 12.0. The summed E-state index contributed by atoms with van der Waals surface area (Å²) in [5.74, 6) is 0.831. The monoisotopic (exact) mass is 378 g/mol. The van der Waals surface area contributed by atoms with Gasteiger partial charge in [0.25, 0.3) is 0 Å². The van der Waals surface area contributed by atoms with Gasteiger partial charge < -0.3 is 15.4 Å². The fraction of sp³-hybridized carbons (Fsp3) is 0.375. The van der Waals surface area contributed by atoms with E-state index in [0.29, 0.717) is 6.61 Å². The average molecular weight is 379 g/mol. The van der Waals surface area contributed by atoms with Crippen LogP contribution in [0, 0.1) is 0 Å². The van der Waals surface area contributed by atoms with E-state index < -0.39 is 0 Å². The summed E-state index contributed by atoms with van der Waals surface area (Å²) in [6.45, 7) is 1.62. The largest absolute Gasteiger partial charge is 0.493 e. The van der Waals surface area contributed by atoms with Crippen molar-refractivity contribution in [1.29, 1.82) is 0 Å². The van der Waals surface area contributed by atoms with Gasteiger partial charge in [0, 0.05) is 24.7 Å². The molecule has 0 unspecified atom stereocenters. The summed E-state index contributed by atoms with van der Waals surface area (Å²) in [6, 6.07) is 18.1. The predicted octanol–water partition coefficient (Wildman–Crippen LogP) is 4.73. The number of amides is 1. The van der Waals surface area contributed by atoms with Gasteiger partial charge in [-0.15, -0.1) is 0 Å². The highest BCUT2D eigenvalue weighted by atomic mass is 16.5. The van der Waals surface area contributed by atoms with Gasteiger partial charge >= 0.3 is 0 Å². The summed E-state index contributed by atoms with van der Waals surface area (Å²) in [4.78, 5) is 12.0. The fourth-order valence-electron chi connectivity index (χ4n) is 3.37. The van der Waals surface area contributed by atoms with E-state index in [1.165, 1.54) is 36.8 Å². The third-order valence-corrected chi connectivity index (χ3v) is 4.94. The van der Waals surface area contributed by atoms with E-state index >= 15 is 0 Å². The normalized spacial score (nSPS) is 13.5. The van der Waals surface area contributed by atoms with Crippen LogP contribution in [0.2, 0.25) is 0 Å². The topological polar surface area (TPSA) is 50.4 Å². The number of ether oxygens (including phenoxy) is 1. The molecule has 4 nitrogen and oxygen atoms in total. The quantitative estimate of drug-likeness (QED) is 0.588.